The average Bonchev–Trinajstić information content (AvgIpc) is 3.20. The molecule has 1 N–H and O–H groups in total. The van der Waals surface area contributed by atoms with Crippen LogP contribution in [0.1, 0.15) is 18.4 Å². The Hall–Kier alpha value is -2.96. The molecular weight excluding hydrogens is 304 g/mol. The monoisotopic (exact) mass is 322 g/mol. The van der Waals surface area contributed by atoms with Gasteiger partial charge in [0.15, 0.2) is 5.65 Å². The van der Waals surface area contributed by atoms with Gasteiger partial charge >= 0.3 is 0 Å². The van der Waals surface area contributed by atoms with Crippen molar-refractivity contribution in [1.29, 1.82) is 0 Å². The maximum absolute atomic E-state index is 11.9. The third kappa shape index (κ3) is 2.58. The number of carbonyl (C=O) groups excluding carboxylic acids is 1. The Morgan fingerprint density at radius 3 is 3.04 bits per heavy atom. The summed E-state index contributed by atoms with van der Waals surface area (Å²) in [7, 11) is 1.86. The number of aryl methyl sites for hydroxylation is 1. The van der Waals surface area contributed by atoms with Crippen LogP contribution >= 0.6 is 0 Å². The molecule has 1 aromatic carbocycles. The summed E-state index contributed by atoms with van der Waals surface area (Å²) in [6, 6.07) is 8.06. The molecule has 0 radical (unpaired) electrons. The Bertz CT molecular complexity index is 903. The standard InChI is InChI=1S/C17H18N6O/c1-22-17-14(10-21-22)16(19-11-20-17)18-9-12-4-2-5-13(8-12)23-7-3-6-15(23)24/h2,4-5,8,10-11H,3,6-7,9H2,1H3,(H,18,19,20). The van der Waals surface area contributed by atoms with E-state index in [1.807, 2.05) is 30.1 Å². The molecule has 3 aromatic rings. The number of anilines is 2. The maximum Gasteiger partial charge on any atom is 0.227 e. The normalized spacial score (nSPS) is 14.5. The van der Waals surface area contributed by atoms with Crippen LogP contribution < -0.4 is 10.2 Å². The fourth-order valence-electron chi connectivity index (χ4n) is 3.04. The van der Waals surface area contributed by atoms with Crippen LogP contribution in [0.15, 0.2) is 36.8 Å². The highest BCUT2D eigenvalue weighted by molar-refractivity contribution is 5.95. The molecule has 1 fully saturated rings. The molecule has 0 spiro atoms. The van der Waals surface area contributed by atoms with Gasteiger partial charge in [0.25, 0.3) is 0 Å². The SMILES string of the molecule is Cn1ncc2c(NCc3cccc(N4CCCC4=O)c3)ncnc21. The molecule has 122 valence electrons. The van der Waals surface area contributed by atoms with Crippen molar-refractivity contribution in [2.24, 2.45) is 7.05 Å². The van der Waals surface area contributed by atoms with Crippen molar-refractivity contribution in [2.45, 2.75) is 19.4 Å². The molecule has 0 saturated carbocycles. The summed E-state index contributed by atoms with van der Waals surface area (Å²) in [5.41, 5.74) is 2.86. The van der Waals surface area contributed by atoms with E-state index in [0.717, 1.165) is 41.1 Å². The van der Waals surface area contributed by atoms with E-state index in [9.17, 15) is 4.79 Å². The van der Waals surface area contributed by atoms with Gasteiger partial charge in [-0.25, -0.2) is 9.97 Å². The highest BCUT2D eigenvalue weighted by Gasteiger charge is 2.21. The molecule has 0 bridgehead atoms. The lowest BCUT2D eigenvalue weighted by Crippen LogP contribution is -2.23. The van der Waals surface area contributed by atoms with E-state index in [4.69, 9.17) is 0 Å². The number of amides is 1. The highest BCUT2D eigenvalue weighted by Crippen LogP contribution is 2.23. The number of carbonyl (C=O) groups is 1. The Morgan fingerprint density at radius 2 is 2.21 bits per heavy atom. The lowest BCUT2D eigenvalue weighted by molar-refractivity contribution is -0.117. The Labute approximate surface area is 139 Å². The average molecular weight is 322 g/mol. The molecule has 7 nitrogen and oxygen atoms in total. The summed E-state index contributed by atoms with van der Waals surface area (Å²) in [5, 5.41) is 8.45. The van der Waals surface area contributed by atoms with Gasteiger partial charge in [-0.2, -0.15) is 5.10 Å². The van der Waals surface area contributed by atoms with Crippen LogP contribution in [0.5, 0.6) is 0 Å². The van der Waals surface area contributed by atoms with Gasteiger partial charge in [0.1, 0.15) is 12.1 Å². The number of fused-ring (bicyclic) bond motifs is 1. The van der Waals surface area contributed by atoms with Crippen LogP contribution in [0.25, 0.3) is 11.0 Å². The summed E-state index contributed by atoms with van der Waals surface area (Å²) >= 11 is 0. The van der Waals surface area contributed by atoms with Gasteiger partial charge in [0.05, 0.1) is 11.6 Å². The largest absolute Gasteiger partial charge is 0.365 e. The lowest BCUT2D eigenvalue weighted by atomic mass is 10.2. The van der Waals surface area contributed by atoms with E-state index < -0.39 is 0 Å². The second-order valence-corrected chi connectivity index (χ2v) is 5.90. The molecule has 1 aliphatic heterocycles. The van der Waals surface area contributed by atoms with Crippen LogP contribution in [-0.4, -0.2) is 32.2 Å². The molecule has 1 aliphatic rings. The number of hydrogen-bond acceptors (Lipinski definition) is 5. The van der Waals surface area contributed by atoms with Gasteiger partial charge in [-0.15, -0.1) is 0 Å². The second kappa shape index (κ2) is 5.92. The van der Waals surface area contributed by atoms with Crippen molar-refractivity contribution in [2.75, 3.05) is 16.8 Å². The predicted octanol–water partition coefficient (Wildman–Crippen LogP) is 2.10. The first-order chi connectivity index (χ1) is 11.7. The van der Waals surface area contributed by atoms with Crippen LogP contribution in [0.4, 0.5) is 11.5 Å². The Balaban J connectivity index is 1.54. The number of nitrogens with one attached hydrogen (secondary N) is 1. The van der Waals surface area contributed by atoms with E-state index in [1.54, 1.807) is 10.9 Å². The minimum absolute atomic E-state index is 0.202. The van der Waals surface area contributed by atoms with Gasteiger partial charge in [-0.1, -0.05) is 12.1 Å². The highest BCUT2D eigenvalue weighted by atomic mass is 16.2. The van der Waals surface area contributed by atoms with Crippen molar-refractivity contribution in [1.82, 2.24) is 19.7 Å². The first-order valence-corrected chi connectivity index (χ1v) is 7.98. The van der Waals surface area contributed by atoms with Crippen LogP contribution in [0, 0.1) is 0 Å². The van der Waals surface area contributed by atoms with E-state index in [2.05, 4.69) is 26.4 Å². The topological polar surface area (TPSA) is 75.9 Å². The summed E-state index contributed by atoms with van der Waals surface area (Å²) in [6.07, 6.45) is 4.87. The van der Waals surface area contributed by atoms with E-state index >= 15 is 0 Å². The molecule has 0 unspecified atom stereocenters. The van der Waals surface area contributed by atoms with Crippen molar-refractivity contribution in [3.8, 4) is 0 Å². The zero-order valence-corrected chi connectivity index (χ0v) is 13.4. The first kappa shape index (κ1) is 14.6. The summed E-state index contributed by atoms with van der Waals surface area (Å²) in [4.78, 5) is 22.3. The fraction of sp³-hybridized carbons (Fsp3) is 0.294. The molecular formula is C17H18N6O. The minimum Gasteiger partial charge on any atom is -0.365 e. The summed E-state index contributed by atoms with van der Waals surface area (Å²) in [6.45, 7) is 1.43. The molecule has 0 aliphatic carbocycles. The molecule has 0 atom stereocenters. The quantitative estimate of drug-likeness (QED) is 0.796. The van der Waals surface area contributed by atoms with Crippen LogP contribution in [0.3, 0.4) is 0 Å². The van der Waals surface area contributed by atoms with Crippen molar-refractivity contribution < 1.29 is 4.79 Å². The predicted molar refractivity (Wildman–Crippen MR) is 91.7 cm³/mol. The Kier molecular flexibility index (Phi) is 3.60. The molecule has 3 heterocycles. The Morgan fingerprint density at radius 1 is 1.29 bits per heavy atom. The van der Waals surface area contributed by atoms with Gasteiger partial charge in [0, 0.05) is 32.2 Å². The molecule has 4 rings (SSSR count). The first-order valence-electron chi connectivity index (χ1n) is 7.98. The maximum atomic E-state index is 11.9. The molecule has 1 amide bonds. The number of nitrogens with zero attached hydrogens (tertiary/aromatic N) is 5. The number of rotatable bonds is 4. The molecule has 2 aromatic heterocycles. The van der Waals surface area contributed by atoms with Crippen LogP contribution in [0.2, 0.25) is 0 Å². The lowest BCUT2D eigenvalue weighted by Gasteiger charge is -2.16. The third-order valence-corrected chi connectivity index (χ3v) is 4.29. The van der Waals surface area contributed by atoms with Crippen molar-refractivity contribution in [3.05, 3.63) is 42.4 Å². The smallest absolute Gasteiger partial charge is 0.227 e. The minimum atomic E-state index is 0.202. The van der Waals surface area contributed by atoms with E-state index in [-0.39, 0.29) is 5.91 Å². The molecule has 24 heavy (non-hydrogen) atoms. The third-order valence-electron chi connectivity index (χ3n) is 4.29. The number of benzene rings is 1. The summed E-state index contributed by atoms with van der Waals surface area (Å²) < 4.78 is 1.72. The number of hydrogen-bond donors (Lipinski definition) is 1. The second-order valence-electron chi connectivity index (χ2n) is 5.90. The van der Waals surface area contributed by atoms with Crippen molar-refractivity contribution in [3.63, 3.8) is 0 Å². The van der Waals surface area contributed by atoms with E-state index in [0.29, 0.717) is 13.0 Å². The zero-order valence-electron chi connectivity index (χ0n) is 13.4. The molecule has 1 saturated heterocycles. The van der Waals surface area contributed by atoms with Gasteiger partial charge < -0.3 is 10.2 Å². The zero-order chi connectivity index (χ0) is 16.5. The number of aromatic nitrogens is 4. The van der Waals surface area contributed by atoms with Gasteiger partial charge in [0.2, 0.25) is 5.91 Å². The van der Waals surface area contributed by atoms with E-state index in [1.165, 1.54) is 6.33 Å². The molecule has 7 heteroatoms. The van der Waals surface area contributed by atoms with Gasteiger partial charge in [-0.05, 0) is 24.1 Å². The van der Waals surface area contributed by atoms with Crippen molar-refractivity contribution >= 4 is 28.4 Å². The van der Waals surface area contributed by atoms with Crippen LogP contribution in [-0.2, 0) is 18.4 Å². The summed E-state index contributed by atoms with van der Waals surface area (Å²) in [5.74, 6) is 0.962. The van der Waals surface area contributed by atoms with Gasteiger partial charge in [-0.3, -0.25) is 9.48 Å². The fourth-order valence-corrected chi connectivity index (χ4v) is 3.04.